The normalized spacial score (nSPS) is 11.0. The van der Waals surface area contributed by atoms with Crippen molar-refractivity contribution >= 4 is 60.9 Å². The first kappa shape index (κ1) is 23.8. The number of rotatable bonds is 7. The molecule has 1 amide bonds. The molecule has 3 aromatic rings. The van der Waals surface area contributed by atoms with Gasteiger partial charge in [0.15, 0.2) is 5.13 Å². The second kappa shape index (κ2) is 10.5. The number of aryl methyl sites for hydroxylation is 2. The molecule has 7 heteroatoms. The second-order valence-electron chi connectivity index (χ2n) is 6.89. The van der Waals surface area contributed by atoms with E-state index in [9.17, 15) is 4.79 Å². The maximum Gasteiger partial charge on any atom is 0.260 e. The maximum absolute atomic E-state index is 13.3. The van der Waals surface area contributed by atoms with Crippen LogP contribution in [0, 0.1) is 13.8 Å². The summed E-state index contributed by atoms with van der Waals surface area (Å²) in [6.45, 7) is 11.9. The average Bonchev–Trinajstić information content (AvgIpc) is 3.08. The number of anilines is 1. The minimum atomic E-state index is -0.00726. The van der Waals surface area contributed by atoms with Crippen molar-refractivity contribution in [2.24, 2.45) is 0 Å². The molecule has 0 radical (unpaired) electrons. The lowest BCUT2D eigenvalue weighted by molar-refractivity contribution is 0.0984. The number of likely N-dealkylation sites (N-methyl/N-ethyl adjacent to an activating group) is 1. The fraction of sp³-hybridized carbons (Fsp3) is 0.364. The van der Waals surface area contributed by atoms with Crippen LogP contribution in [0.2, 0.25) is 0 Å². The molecule has 0 spiro atoms. The van der Waals surface area contributed by atoms with Gasteiger partial charge in [0, 0.05) is 23.1 Å². The Balaban J connectivity index is 0.00000300. The molecule has 1 heterocycles. The van der Waals surface area contributed by atoms with Gasteiger partial charge < -0.3 is 4.90 Å². The number of aromatic nitrogens is 1. The van der Waals surface area contributed by atoms with Crippen molar-refractivity contribution in [1.29, 1.82) is 0 Å². The van der Waals surface area contributed by atoms with Crippen LogP contribution < -0.4 is 4.90 Å². The Labute approximate surface area is 191 Å². The molecule has 2 aromatic carbocycles. The molecule has 4 nitrogen and oxygen atoms in total. The lowest BCUT2D eigenvalue weighted by Crippen LogP contribution is -2.38. The Kier molecular flexibility index (Phi) is 8.64. The first-order valence-electron chi connectivity index (χ1n) is 9.60. The van der Waals surface area contributed by atoms with Gasteiger partial charge in [-0.25, -0.2) is 4.98 Å². The van der Waals surface area contributed by atoms with Crippen LogP contribution >= 0.6 is 39.7 Å². The van der Waals surface area contributed by atoms with Gasteiger partial charge in [-0.3, -0.25) is 9.69 Å². The van der Waals surface area contributed by atoms with E-state index in [0.29, 0.717) is 12.1 Å². The number of benzene rings is 2. The van der Waals surface area contributed by atoms with E-state index >= 15 is 0 Å². The summed E-state index contributed by atoms with van der Waals surface area (Å²) < 4.78 is 2.08. The summed E-state index contributed by atoms with van der Waals surface area (Å²) in [5.74, 6) is -0.00726. The maximum atomic E-state index is 13.3. The van der Waals surface area contributed by atoms with Crippen molar-refractivity contribution < 1.29 is 4.79 Å². The standard InChI is InChI=1S/C22H26BrN3OS.ClH/c1-5-25(6-2)11-12-26(21(27)17-7-9-18(23)10-8-17)22-24-19-13-15(3)16(4)14-20(19)28-22;/h7-10,13-14H,5-6,11-12H2,1-4H3;1H. The molecule has 0 saturated carbocycles. The SMILES string of the molecule is CCN(CC)CCN(C(=O)c1ccc(Br)cc1)c1nc2cc(C)c(C)cc2s1.Cl. The Morgan fingerprint density at radius 3 is 2.28 bits per heavy atom. The van der Waals surface area contributed by atoms with Gasteiger partial charge >= 0.3 is 0 Å². The Hall–Kier alpha value is -1.47. The van der Waals surface area contributed by atoms with E-state index in [1.165, 1.54) is 11.1 Å². The fourth-order valence-electron chi connectivity index (χ4n) is 3.10. The molecule has 3 rings (SSSR count). The Bertz CT molecular complexity index is 931. The summed E-state index contributed by atoms with van der Waals surface area (Å²) >= 11 is 5.03. The van der Waals surface area contributed by atoms with E-state index in [-0.39, 0.29) is 18.3 Å². The van der Waals surface area contributed by atoms with Crippen molar-refractivity contribution in [3.05, 3.63) is 57.6 Å². The molecule has 1 aromatic heterocycles. The van der Waals surface area contributed by atoms with E-state index in [1.807, 2.05) is 29.2 Å². The first-order valence-corrected chi connectivity index (χ1v) is 11.2. The third-order valence-electron chi connectivity index (χ3n) is 5.09. The lowest BCUT2D eigenvalue weighted by Gasteiger charge is -2.24. The molecular weight excluding hydrogens is 470 g/mol. The summed E-state index contributed by atoms with van der Waals surface area (Å²) in [4.78, 5) is 22.3. The molecule has 0 bridgehead atoms. The number of hydrogen-bond donors (Lipinski definition) is 0. The highest BCUT2D eigenvalue weighted by Crippen LogP contribution is 2.31. The smallest absolute Gasteiger partial charge is 0.260 e. The van der Waals surface area contributed by atoms with E-state index in [1.54, 1.807) is 11.3 Å². The van der Waals surface area contributed by atoms with Gasteiger partial charge in [0.2, 0.25) is 0 Å². The summed E-state index contributed by atoms with van der Waals surface area (Å²) in [7, 11) is 0. The molecule has 0 aliphatic carbocycles. The molecule has 29 heavy (non-hydrogen) atoms. The first-order chi connectivity index (χ1) is 13.4. The molecular formula is C22H27BrClN3OS. The highest BCUT2D eigenvalue weighted by atomic mass is 79.9. The number of fused-ring (bicyclic) bond motifs is 1. The van der Waals surface area contributed by atoms with Crippen molar-refractivity contribution in [3.63, 3.8) is 0 Å². The van der Waals surface area contributed by atoms with E-state index in [0.717, 1.165) is 39.5 Å². The van der Waals surface area contributed by atoms with Crippen LogP contribution in [0.4, 0.5) is 5.13 Å². The van der Waals surface area contributed by atoms with Crippen LogP contribution in [0.5, 0.6) is 0 Å². The van der Waals surface area contributed by atoms with Gasteiger partial charge in [-0.15, -0.1) is 12.4 Å². The van der Waals surface area contributed by atoms with Crippen molar-refractivity contribution in [2.45, 2.75) is 27.7 Å². The van der Waals surface area contributed by atoms with Gasteiger partial charge in [0.25, 0.3) is 5.91 Å². The Morgan fingerprint density at radius 1 is 1.03 bits per heavy atom. The molecule has 0 N–H and O–H groups in total. The number of halogens is 2. The lowest BCUT2D eigenvalue weighted by atomic mass is 10.1. The number of carbonyl (C=O) groups excluding carboxylic acids is 1. The number of thiazole rings is 1. The third kappa shape index (κ3) is 5.57. The fourth-order valence-corrected chi connectivity index (χ4v) is 4.43. The van der Waals surface area contributed by atoms with Crippen LogP contribution in [0.25, 0.3) is 10.2 Å². The third-order valence-corrected chi connectivity index (χ3v) is 6.66. The molecule has 0 unspecified atom stereocenters. The molecule has 0 saturated heterocycles. The van der Waals surface area contributed by atoms with E-state index < -0.39 is 0 Å². The van der Waals surface area contributed by atoms with Gasteiger partial charge in [0.05, 0.1) is 10.2 Å². The molecule has 0 aliphatic heterocycles. The topological polar surface area (TPSA) is 36.4 Å². The number of nitrogens with zero attached hydrogens (tertiary/aromatic N) is 3. The second-order valence-corrected chi connectivity index (χ2v) is 8.82. The van der Waals surface area contributed by atoms with Crippen LogP contribution in [-0.4, -0.2) is 42.0 Å². The number of carbonyl (C=O) groups is 1. The van der Waals surface area contributed by atoms with E-state index in [2.05, 4.69) is 60.7 Å². The van der Waals surface area contributed by atoms with Gasteiger partial charge in [-0.05, 0) is 74.5 Å². The summed E-state index contributed by atoms with van der Waals surface area (Å²) in [6.07, 6.45) is 0. The van der Waals surface area contributed by atoms with Crippen LogP contribution in [0.1, 0.15) is 35.3 Å². The largest absolute Gasteiger partial charge is 0.302 e. The number of hydrogen-bond acceptors (Lipinski definition) is 4. The Morgan fingerprint density at radius 2 is 1.66 bits per heavy atom. The zero-order valence-electron chi connectivity index (χ0n) is 17.2. The van der Waals surface area contributed by atoms with Crippen LogP contribution in [0.3, 0.4) is 0 Å². The average molecular weight is 497 g/mol. The number of amides is 1. The van der Waals surface area contributed by atoms with Crippen LogP contribution in [-0.2, 0) is 0 Å². The van der Waals surface area contributed by atoms with Gasteiger partial charge in [-0.2, -0.15) is 0 Å². The zero-order valence-corrected chi connectivity index (χ0v) is 20.5. The van der Waals surface area contributed by atoms with Gasteiger partial charge in [0.1, 0.15) is 0 Å². The monoisotopic (exact) mass is 495 g/mol. The molecule has 0 fully saturated rings. The zero-order chi connectivity index (χ0) is 20.3. The molecule has 0 atom stereocenters. The van der Waals surface area contributed by atoms with Crippen molar-refractivity contribution in [2.75, 3.05) is 31.1 Å². The summed E-state index contributed by atoms with van der Waals surface area (Å²) in [5.41, 5.74) is 4.10. The van der Waals surface area contributed by atoms with Crippen LogP contribution in [0.15, 0.2) is 40.9 Å². The quantitative estimate of drug-likeness (QED) is 0.397. The minimum Gasteiger partial charge on any atom is -0.302 e. The molecule has 156 valence electrons. The van der Waals surface area contributed by atoms with Crippen molar-refractivity contribution in [1.82, 2.24) is 9.88 Å². The molecule has 0 aliphatic rings. The predicted molar refractivity (Wildman–Crippen MR) is 130 cm³/mol. The summed E-state index contributed by atoms with van der Waals surface area (Å²) in [5, 5.41) is 0.764. The highest BCUT2D eigenvalue weighted by Gasteiger charge is 2.22. The summed E-state index contributed by atoms with van der Waals surface area (Å²) in [6, 6.07) is 11.8. The minimum absolute atomic E-state index is 0. The van der Waals surface area contributed by atoms with Gasteiger partial charge in [-0.1, -0.05) is 41.1 Å². The predicted octanol–water partition coefficient (Wildman–Crippen LogP) is 6.09. The van der Waals surface area contributed by atoms with E-state index in [4.69, 9.17) is 4.98 Å². The highest BCUT2D eigenvalue weighted by molar-refractivity contribution is 9.10. The van der Waals surface area contributed by atoms with Crippen molar-refractivity contribution in [3.8, 4) is 0 Å².